The van der Waals surface area contributed by atoms with E-state index < -0.39 is 0 Å². The predicted octanol–water partition coefficient (Wildman–Crippen LogP) is 7.33. The third-order valence-corrected chi connectivity index (χ3v) is 6.67. The molecule has 2 heterocycles. The highest BCUT2D eigenvalue weighted by Gasteiger charge is 2.17. The third kappa shape index (κ3) is 4.52. The molecule has 0 aliphatic rings. The molecule has 0 aliphatic heterocycles. The Kier molecular flexibility index (Phi) is 6.38. The molecule has 180 valence electrons. The van der Waals surface area contributed by atoms with Gasteiger partial charge in [-0.05, 0) is 66.8 Å². The molecule has 5 rings (SSSR count). The van der Waals surface area contributed by atoms with Gasteiger partial charge in [0, 0.05) is 16.6 Å². The number of nitrogens with one attached hydrogen (secondary N) is 1. The van der Waals surface area contributed by atoms with Crippen molar-refractivity contribution in [2.45, 2.75) is 40.0 Å². The van der Waals surface area contributed by atoms with Crippen LogP contribution in [0.5, 0.6) is 0 Å². The van der Waals surface area contributed by atoms with Crippen LogP contribution in [0.1, 0.15) is 53.9 Å². The Morgan fingerprint density at radius 1 is 0.972 bits per heavy atom. The lowest BCUT2D eigenvalue weighted by Crippen LogP contribution is -2.13. The first-order chi connectivity index (χ1) is 17.4. The summed E-state index contributed by atoms with van der Waals surface area (Å²) < 4.78 is 1.92. The zero-order chi connectivity index (χ0) is 25.2. The van der Waals surface area contributed by atoms with Crippen molar-refractivity contribution >= 4 is 22.5 Å². The molecular weight excluding hydrogens is 444 g/mol. The molecular formula is C31H30N4O. The number of benzene rings is 3. The Hall–Kier alpha value is -4.25. The number of aromatic nitrogens is 3. The Morgan fingerprint density at radius 2 is 1.69 bits per heavy atom. The fourth-order valence-corrected chi connectivity index (χ4v) is 4.45. The van der Waals surface area contributed by atoms with Crippen molar-refractivity contribution in [3.8, 4) is 16.9 Å². The molecule has 0 saturated carbocycles. The first-order valence-corrected chi connectivity index (χ1v) is 12.4. The van der Waals surface area contributed by atoms with Gasteiger partial charge in [0.25, 0.3) is 5.91 Å². The summed E-state index contributed by atoms with van der Waals surface area (Å²) in [7, 11) is 0. The maximum atomic E-state index is 13.4. The zero-order valence-corrected chi connectivity index (χ0v) is 21.1. The number of carbonyl (C=O) groups is 1. The molecule has 3 aromatic carbocycles. The van der Waals surface area contributed by atoms with Crippen molar-refractivity contribution in [3.05, 3.63) is 107 Å². The molecule has 5 nitrogen and oxygen atoms in total. The number of hydrogen-bond acceptors (Lipinski definition) is 3. The number of carbonyl (C=O) groups excluding carboxylic acids is 1. The fraction of sp³-hybridized carbons (Fsp3) is 0.194. The summed E-state index contributed by atoms with van der Waals surface area (Å²) in [5, 5.41) is 8.52. The topological polar surface area (TPSA) is 59.8 Å². The van der Waals surface area contributed by atoms with E-state index in [0.717, 1.165) is 45.6 Å². The molecule has 0 fully saturated rings. The molecule has 36 heavy (non-hydrogen) atoms. The van der Waals surface area contributed by atoms with Crippen molar-refractivity contribution in [1.29, 1.82) is 0 Å². The second-order valence-corrected chi connectivity index (χ2v) is 9.38. The summed E-state index contributed by atoms with van der Waals surface area (Å²) in [6, 6.07) is 26.1. The van der Waals surface area contributed by atoms with E-state index in [2.05, 4.69) is 67.6 Å². The molecule has 0 atom stereocenters. The highest BCUT2D eigenvalue weighted by molar-refractivity contribution is 6.13. The van der Waals surface area contributed by atoms with Gasteiger partial charge in [-0.25, -0.2) is 9.67 Å². The minimum Gasteiger partial charge on any atom is -0.322 e. The molecule has 0 unspecified atom stereocenters. The Morgan fingerprint density at radius 3 is 2.39 bits per heavy atom. The average molecular weight is 475 g/mol. The van der Waals surface area contributed by atoms with Crippen LogP contribution in [-0.2, 0) is 6.42 Å². The van der Waals surface area contributed by atoms with E-state index in [1.165, 1.54) is 11.1 Å². The summed E-state index contributed by atoms with van der Waals surface area (Å²) in [6.07, 6.45) is 2.82. The minimum atomic E-state index is -0.160. The van der Waals surface area contributed by atoms with E-state index in [0.29, 0.717) is 11.5 Å². The second-order valence-electron chi connectivity index (χ2n) is 9.38. The first kappa shape index (κ1) is 23.5. The van der Waals surface area contributed by atoms with Gasteiger partial charge in [-0.2, -0.15) is 5.10 Å². The SMILES string of the molecule is CCc1ccc(-n2ncc(-c3cc(C(=O)Nc4ccc(C(C)C)cc4)c4ccccc4n3)c2C)cc1. The van der Waals surface area contributed by atoms with Crippen molar-refractivity contribution in [1.82, 2.24) is 14.8 Å². The van der Waals surface area contributed by atoms with Gasteiger partial charge in [-0.1, -0.05) is 63.2 Å². The number of pyridine rings is 1. The van der Waals surface area contributed by atoms with Crippen LogP contribution in [0.4, 0.5) is 5.69 Å². The molecule has 5 heteroatoms. The molecule has 5 aromatic rings. The number of rotatable bonds is 6. The van der Waals surface area contributed by atoms with Crippen molar-refractivity contribution in [3.63, 3.8) is 0 Å². The maximum absolute atomic E-state index is 13.4. The van der Waals surface area contributed by atoms with Gasteiger partial charge in [-0.3, -0.25) is 4.79 Å². The first-order valence-electron chi connectivity index (χ1n) is 12.4. The van der Waals surface area contributed by atoms with E-state index in [4.69, 9.17) is 4.98 Å². The van der Waals surface area contributed by atoms with E-state index in [-0.39, 0.29) is 5.91 Å². The van der Waals surface area contributed by atoms with Gasteiger partial charge >= 0.3 is 0 Å². The highest BCUT2D eigenvalue weighted by Crippen LogP contribution is 2.29. The van der Waals surface area contributed by atoms with Gasteiger partial charge in [0.05, 0.1) is 34.4 Å². The third-order valence-electron chi connectivity index (χ3n) is 6.67. The molecule has 0 radical (unpaired) electrons. The number of para-hydroxylation sites is 1. The number of anilines is 1. The van der Waals surface area contributed by atoms with Crippen LogP contribution in [-0.4, -0.2) is 20.7 Å². The standard InChI is InChI=1S/C31H30N4O/c1-5-22-10-16-25(17-11-22)35-21(4)28(19-32-35)30-18-27(26-8-6-7-9-29(26)34-30)31(36)33-24-14-12-23(13-15-24)20(2)3/h6-20H,5H2,1-4H3,(H,33,36). The van der Waals surface area contributed by atoms with Gasteiger partial charge in [-0.15, -0.1) is 0 Å². The number of aryl methyl sites for hydroxylation is 1. The summed E-state index contributed by atoms with van der Waals surface area (Å²) in [5.74, 6) is 0.280. The molecule has 0 spiro atoms. The lowest BCUT2D eigenvalue weighted by atomic mass is 10.0. The summed E-state index contributed by atoms with van der Waals surface area (Å²) in [5.41, 5.74) is 8.25. The average Bonchev–Trinajstić information content (AvgIpc) is 3.29. The summed E-state index contributed by atoms with van der Waals surface area (Å²) in [6.45, 7) is 8.49. The van der Waals surface area contributed by atoms with Crippen LogP contribution >= 0.6 is 0 Å². The van der Waals surface area contributed by atoms with E-state index in [1.807, 2.05) is 60.3 Å². The van der Waals surface area contributed by atoms with Gasteiger partial charge in [0.1, 0.15) is 0 Å². The number of hydrogen-bond donors (Lipinski definition) is 1. The zero-order valence-electron chi connectivity index (χ0n) is 21.1. The van der Waals surface area contributed by atoms with Crippen molar-refractivity contribution in [2.24, 2.45) is 0 Å². The molecule has 2 aromatic heterocycles. The lowest BCUT2D eigenvalue weighted by molar-refractivity contribution is 0.102. The van der Waals surface area contributed by atoms with Crippen LogP contribution in [0.2, 0.25) is 0 Å². The monoisotopic (exact) mass is 474 g/mol. The molecule has 0 bridgehead atoms. The van der Waals surface area contributed by atoms with Crippen molar-refractivity contribution in [2.75, 3.05) is 5.32 Å². The Balaban J connectivity index is 1.53. The van der Waals surface area contributed by atoms with Gasteiger partial charge < -0.3 is 5.32 Å². The van der Waals surface area contributed by atoms with Crippen molar-refractivity contribution < 1.29 is 4.79 Å². The second kappa shape index (κ2) is 9.78. The highest BCUT2D eigenvalue weighted by atomic mass is 16.1. The lowest BCUT2D eigenvalue weighted by Gasteiger charge is -2.12. The Labute approximate surface area is 211 Å². The molecule has 1 N–H and O–H groups in total. The Bertz CT molecular complexity index is 1530. The quantitative estimate of drug-likeness (QED) is 0.280. The van der Waals surface area contributed by atoms with E-state index in [9.17, 15) is 4.79 Å². The smallest absolute Gasteiger partial charge is 0.256 e. The van der Waals surface area contributed by atoms with Crippen LogP contribution in [0, 0.1) is 6.92 Å². The minimum absolute atomic E-state index is 0.160. The van der Waals surface area contributed by atoms with Crippen LogP contribution in [0.3, 0.4) is 0 Å². The van der Waals surface area contributed by atoms with Crippen LogP contribution in [0.25, 0.3) is 27.8 Å². The van der Waals surface area contributed by atoms with E-state index in [1.54, 1.807) is 0 Å². The number of fused-ring (bicyclic) bond motifs is 1. The molecule has 0 aliphatic carbocycles. The van der Waals surface area contributed by atoms with E-state index >= 15 is 0 Å². The maximum Gasteiger partial charge on any atom is 0.256 e. The molecule has 0 saturated heterocycles. The van der Waals surface area contributed by atoms with Crippen LogP contribution < -0.4 is 5.32 Å². The van der Waals surface area contributed by atoms with Crippen LogP contribution in [0.15, 0.2) is 85.1 Å². The number of amides is 1. The largest absolute Gasteiger partial charge is 0.322 e. The van der Waals surface area contributed by atoms with Gasteiger partial charge in [0.15, 0.2) is 0 Å². The predicted molar refractivity (Wildman–Crippen MR) is 147 cm³/mol. The summed E-state index contributed by atoms with van der Waals surface area (Å²) in [4.78, 5) is 18.3. The fourth-order valence-electron chi connectivity index (χ4n) is 4.45. The van der Waals surface area contributed by atoms with Gasteiger partial charge in [0.2, 0.25) is 0 Å². The summed E-state index contributed by atoms with van der Waals surface area (Å²) >= 11 is 0. The number of nitrogens with zero attached hydrogens (tertiary/aromatic N) is 3. The normalized spacial score (nSPS) is 11.2. The molecule has 1 amide bonds.